The van der Waals surface area contributed by atoms with Crippen molar-refractivity contribution in [1.29, 1.82) is 0 Å². The Balaban J connectivity index is 2.43. The van der Waals surface area contributed by atoms with Crippen LogP contribution in [0.25, 0.3) is 11.8 Å². The Morgan fingerprint density at radius 2 is 2.30 bits per heavy atom. The van der Waals surface area contributed by atoms with Crippen molar-refractivity contribution in [2.75, 3.05) is 19.6 Å². The number of allylic oxidation sites excluding steroid dienone is 2. The fraction of sp³-hybridized carbons (Fsp3) is 0.529. The van der Waals surface area contributed by atoms with Crippen molar-refractivity contribution in [3.05, 3.63) is 34.5 Å². The van der Waals surface area contributed by atoms with Crippen LogP contribution in [-0.4, -0.2) is 35.6 Å². The number of aromatic amines is 1. The lowest BCUT2D eigenvalue weighted by Crippen LogP contribution is -2.49. The minimum atomic E-state index is 0.561. The van der Waals surface area contributed by atoms with E-state index in [0.29, 0.717) is 6.04 Å². The Morgan fingerprint density at radius 3 is 3.00 bits per heavy atom. The zero-order valence-corrected chi connectivity index (χ0v) is 13.2. The zero-order chi connectivity index (χ0) is 14.5. The van der Waals surface area contributed by atoms with Crippen molar-refractivity contribution in [3.8, 4) is 0 Å². The third kappa shape index (κ3) is 3.34. The molecular formula is C17H27N3. The monoisotopic (exact) mass is 273 g/mol. The van der Waals surface area contributed by atoms with Crippen molar-refractivity contribution in [2.24, 2.45) is 0 Å². The minimum Gasteiger partial charge on any atom is -0.372 e. The first-order chi connectivity index (χ1) is 9.63. The number of nitrogens with zero attached hydrogens (tertiary/aromatic N) is 1. The van der Waals surface area contributed by atoms with Gasteiger partial charge in [0.15, 0.2) is 0 Å². The summed E-state index contributed by atoms with van der Waals surface area (Å²) in [6.45, 7) is 12.1. The Hall–Kier alpha value is -1.48. The second-order valence-electron chi connectivity index (χ2n) is 5.65. The Bertz CT molecular complexity index is 580. The summed E-state index contributed by atoms with van der Waals surface area (Å²) < 4.78 is 0. The van der Waals surface area contributed by atoms with Crippen LogP contribution in [0.2, 0.25) is 0 Å². The van der Waals surface area contributed by atoms with E-state index in [1.165, 1.54) is 21.8 Å². The van der Waals surface area contributed by atoms with E-state index in [4.69, 9.17) is 0 Å². The van der Waals surface area contributed by atoms with E-state index in [2.05, 4.69) is 67.3 Å². The van der Waals surface area contributed by atoms with E-state index < -0.39 is 0 Å². The van der Waals surface area contributed by atoms with Crippen LogP contribution in [-0.2, 0) is 0 Å². The van der Waals surface area contributed by atoms with Crippen molar-refractivity contribution >= 4 is 11.8 Å². The minimum absolute atomic E-state index is 0.561. The first-order valence-electron chi connectivity index (χ1n) is 7.63. The summed E-state index contributed by atoms with van der Waals surface area (Å²) >= 11 is 0. The molecule has 0 aromatic carbocycles. The van der Waals surface area contributed by atoms with Gasteiger partial charge in [-0.3, -0.25) is 0 Å². The zero-order valence-electron chi connectivity index (χ0n) is 13.2. The van der Waals surface area contributed by atoms with E-state index in [0.717, 1.165) is 26.1 Å². The van der Waals surface area contributed by atoms with Gasteiger partial charge in [0.2, 0.25) is 0 Å². The topological polar surface area (TPSA) is 31.1 Å². The molecule has 2 rings (SSSR count). The molecule has 1 unspecified atom stereocenters. The molecule has 1 aliphatic heterocycles. The van der Waals surface area contributed by atoms with Gasteiger partial charge in [0.05, 0.1) is 0 Å². The van der Waals surface area contributed by atoms with E-state index >= 15 is 0 Å². The van der Waals surface area contributed by atoms with E-state index in [1.807, 2.05) is 0 Å². The lowest BCUT2D eigenvalue weighted by molar-refractivity contribution is 0.286. The highest BCUT2D eigenvalue weighted by atomic mass is 15.2. The van der Waals surface area contributed by atoms with Crippen LogP contribution >= 0.6 is 0 Å². The van der Waals surface area contributed by atoms with Gasteiger partial charge >= 0.3 is 0 Å². The number of piperazine rings is 1. The second kappa shape index (κ2) is 6.80. The summed E-state index contributed by atoms with van der Waals surface area (Å²) in [5, 5.41) is 6.08. The molecule has 1 aliphatic rings. The van der Waals surface area contributed by atoms with E-state index in [1.54, 1.807) is 0 Å². The normalized spacial score (nSPS) is 22.7. The SMILES string of the molecule is CC/C=C/C=c1/[nH]cc(C)/c1=C(/C)N1CCNC(C)C1. The first kappa shape index (κ1) is 14.9. The molecule has 1 aromatic heterocycles. The van der Waals surface area contributed by atoms with Gasteiger partial charge in [0, 0.05) is 48.1 Å². The Labute approximate surface area is 122 Å². The number of rotatable bonds is 3. The highest BCUT2D eigenvalue weighted by Crippen LogP contribution is 2.07. The first-order valence-corrected chi connectivity index (χ1v) is 7.63. The average molecular weight is 273 g/mol. The van der Waals surface area contributed by atoms with E-state index in [9.17, 15) is 0 Å². The number of hydrogen-bond donors (Lipinski definition) is 2. The fourth-order valence-electron chi connectivity index (χ4n) is 2.85. The van der Waals surface area contributed by atoms with Crippen molar-refractivity contribution in [1.82, 2.24) is 15.2 Å². The lowest BCUT2D eigenvalue weighted by atomic mass is 10.1. The van der Waals surface area contributed by atoms with Crippen LogP contribution in [0.4, 0.5) is 0 Å². The number of aryl methyl sites for hydroxylation is 1. The smallest absolute Gasteiger partial charge is 0.0474 e. The molecular weight excluding hydrogens is 246 g/mol. The number of aromatic nitrogens is 1. The molecule has 1 aromatic rings. The molecule has 3 nitrogen and oxygen atoms in total. The van der Waals surface area contributed by atoms with Crippen LogP contribution in [0.3, 0.4) is 0 Å². The van der Waals surface area contributed by atoms with Crippen LogP contribution < -0.4 is 15.9 Å². The van der Waals surface area contributed by atoms with Crippen LogP contribution in [0.5, 0.6) is 0 Å². The predicted molar refractivity (Wildman–Crippen MR) is 86.8 cm³/mol. The van der Waals surface area contributed by atoms with Gasteiger partial charge in [0.25, 0.3) is 0 Å². The predicted octanol–water partition coefficient (Wildman–Crippen LogP) is 1.49. The van der Waals surface area contributed by atoms with Crippen LogP contribution in [0.1, 0.15) is 32.8 Å². The van der Waals surface area contributed by atoms with Gasteiger partial charge in [-0.25, -0.2) is 0 Å². The standard InChI is InChI=1S/C17H27N3/c1-5-6-7-8-16-17(13(2)11-19-16)15(4)20-10-9-18-14(3)12-20/h6-8,11,14,18-19H,5,9-10,12H2,1-4H3/b7-6+,16-8+,17-15+. The van der Waals surface area contributed by atoms with Crippen molar-refractivity contribution in [3.63, 3.8) is 0 Å². The van der Waals surface area contributed by atoms with E-state index in [-0.39, 0.29) is 0 Å². The molecule has 0 bridgehead atoms. The molecule has 0 radical (unpaired) electrons. The quantitative estimate of drug-likeness (QED) is 0.874. The maximum atomic E-state index is 3.50. The molecule has 2 N–H and O–H groups in total. The largest absolute Gasteiger partial charge is 0.372 e. The van der Waals surface area contributed by atoms with Crippen molar-refractivity contribution < 1.29 is 0 Å². The number of H-pyrrole nitrogens is 1. The summed E-state index contributed by atoms with van der Waals surface area (Å²) in [5.74, 6) is 0. The fourth-order valence-corrected chi connectivity index (χ4v) is 2.85. The van der Waals surface area contributed by atoms with Gasteiger partial charge in [-0.1, -0.05) is 19.1 Å². The van der Waals surface area contributed by atoms with Crippen molar-refractivity contribution in [2.45, 2.75) is 40.2 Å². The lowest BCUT2D eigenvalue weighted by Gasteiger charge is -2.34. The van der Waals surface area contributed by atoms with Gasteiger partial charge in [-0.2, -0.15) is 0 Å². The number of hydrogen-bond acceptors (Lipinski definition) is 2. The summed E-state index contributed by atoms with van der Waals surface area (Å²) in [5.41, 5.74) is 2.71. The number of nitrogens with one attached hydrogen (secondary N) is 2. The maximum absolute atomic E-state index is 3.50. The molecule has 0 amide bonds. The molecule has 2 heterocycles. The highest BCUT2D eigenvalue weighted by molar-refractivity contribution is 5.46. The van der Waals surface area contributed by atoms with Gasteiger partial charge in [-0.05, 0) is 38.8 Å². The van der Waals surface area contributed by atoms with Crippen LogP contribution in [0, 0.1) is 6.92 Å². The third-order valence-electron chi connectivity index (χ3n) is 3.95. The van der Waals surface area contributed by atoms with Gasteiger partial charge < -0.3 is 15.2 Å². The Morgan fingerprint density at radius 1 is 1.50 bits per heavy atom. The molecule has 1 fully saturated rings. The van der Waals surface area contributed by atoms with Crippen LogP contribution in [0.15, 0.2) is 18.3 Å². The molecule has 0 aliphatic carbocycles. The summed E-state index contributed by atoms with van der Waals surface area (Å²) in [4.78, 5) is 5.89. The summed E-state index contributed by atoms with van der Waals surface area (Å²) in [6, 6.07) is 0.561. The third-order valence-corrected chi connectivity index (χ3v) is 3.95. The molecule has 110 valence electrons. The average Bonchev–Trinajstić information content (AvgIpc) is 2.79. The molecule has 1 atom stereocenters. The van der Waals surface area contributed by atoms with Gasteiger partial charge in [0.1, 0.15) is 0 Å². The van der Waals surface area contributed by atoms with Gasteiger partial charge in [-0.15, -0.1) is 0 Å². The molecule has 0 spiro atoms. The molecule has 3 heteroatoms. The molecule has 1 saturated heterocycles. The second-order valence-corrected chi connectivity index (χ2v) is 5.65. The highest BCUT2D eigenvalue weighted by Gasteiger charge is 2.16. The molecule has 20 heavy (non-hydrogen) atoms. The molecule has 0 saturated carbocycles. The Kier molecular flexibility index (Phi) is 5.07. The maximum Gasteiger partial charge on any atom is 0.0474 e. The summed E-state index contributed by atoms with van der Waals surface area (Å²) in [7, 11) is 0. The summed E-state index contributed by atoms with van der Waals surface area (Å²) in [6.07, 6.45) is 9.69.